The van der Waals surface area contributed by atoms with Crippen LogP contribution in [0.15, 0.2) is 40.1 Å². The standard InChI is InChI=1S/C16H19N3O3/c1-11-7-19(16(21)17-15(11)20)10-13-9-18(13)8-12-3-5-14(22-2)6-4-12/h3-7,13H,8-10H2,1-2H3,(H,17,20,21). The largest absolute Gasteiger partial charge is 0.497 e. The molecule has 0 saturated carbocycles. The fraction of sp³-hybridized carbons (Fsp3) is 0.375. The van der Waals surface area contributed by atoms with Gasteiger partial charge in [-0.3, -0.25) is 19.2 Å². The molecule has 1 aromatic carbocycles. The van der Waals surface area contributed by atoms with E-state index in [1.807, 2.05) is 24.3 Å². The number of methoxy groups -OCH3 is 1. The second kappa shape index (κ2) is 5.81. The van der Waals surface area contributed by atoms with Crippen molar-refractivity contribution in [2.24, 2.45) is 0 Å². The van der Waals surface area contributed by atoms with Crippen LogP contribution in [0.25, 0.3) is 0 Å². The molecule has 1 aliphatic heterocycles. The van der Waals surface area contributed by atoms with E-state index in [0.29, 0.717) is 18.2 Å². The van der Waals surface area contributed by atoms with E-state index in [0.717, 1.165) is 18.8 Å². The molecule has 0 radical (unpaired) electrons. The molecule has 2 unspecified atom stereocenters. The van der Waals surface area contributed by atoms with Gasteiger partial charge in [-0.15, -0.1) is 0 Å². The molecule has 6 nitrogen and oxygen atoms in total. The maximum absolute atomic E-state index is 11.8. The minimum Gasteiger partial charge on any atom is -0.497 e. The third kappa shape index (κ3) is 3.12. The zero-order chi connectivity index (χ0) is 15.7. The van der Waals surface area contributed by atoms with Gasteiger partial charge in [0.05, 0.1) is 7.11 Å². The maximum atomic E-state index is 11.8. The molecule has 3 rings (SSSR count). The van der Waals surface area contributed by atoms with E-state index in [-0.39, 0.29) is 11.2 Å². The number of aryl methyl sites for hydroxylation is 1. The molecule has 2 heterocycles. The Labute approximate surface area is 128 Å². The Morgan fingerprint density at radius 2 is 2.00 bits per heavy atom. The lowest BCUT2D eigenvalue weighted by Crippen LogP contribution is -2.32. The first-order chi connectivity index (χ1) is 10.6. The zero-order valence-electron chi connectivity index (χ0n) is 12.7. The summed E-state index contributed by atoms with van der Waals surface area (Å²) >= 11 is 0. The smallest absolute Gasteiger partial charge is 0.328 e. The lowest BCUT2D eigenvalue weighted by molar-refractivity contribution is 0.414. The highest BCUT2D eigenvalue weighted by atomic mass is 16.5. The summed E-state index contributed by atoms with van der Waals surface area (Å²) in [6, 6.07) is 8.33. The molecule has 1 aromatic heterocycles. The van der Waals surface area contributed by atoms with Crippen LogP contribution in [0.2, 0.25) is 0 Å². The van der Waals surface area contributed by atoms with E-state index >= 15 is 0 Å². The Morgan fingerprint density at radius 1 is 1.27 bits per heavy atom. The third-order valence-electron chi connectivity index (χ3n) is 3.97. The highest BCUT2D eigenvalue weighted by molar-refractivity contribution is 5.27. The van der Waals surface area contributed by atoms with Crippen molar-refractivity contribution in [3.63, 3.8) is 0 Å². The Balaban J connectivity index is 1.61. The first kappa shape index (κ1) is 14.6. The van der Waals surface area contributed by atoms with Gasteiger partial charge >= 0.3 is 5.69 Å². The van der Waals surface area contributed by atoms with Gasteiger partial charge in [0.25, 0.3) is 5.56 Å². The minimum absolute atomic E-state index is 0.313. The third-order valence-corrected chi connectivity index (χ3v) is 3.97. The normalized spacial score (nSPS) is 19.9. The van der Waals surface area contributed by atoms with Gasteiger partial charge in [-0.2, -0.15) is 0 Å². The molecule has 1 fully saturated rings. The van der Waals surface area contributed by atoms with Crippen LogP contribution in [-0.4, -0.2) is 34.1 Å². The summed E-state index contributed by atoms with van der Waals surface area (Å²) in [4.78, 5) is 27.8. The second-order valence-electron chi connectivity index (χ2n) is 5.66. The Kier molecular flexibility index (Phi) is 3.85. The van der Waals surface area contributed by atoms with Crippen molar-refractivity contribution in [2.75, 3.05) is 13.7 Å². The van der Waals surface area contributed by atoms with E-state index < -0.39 is 0 Å². The highest BCUT2D eigenvalue weighted by Crippen LogP contribution is 2.23. The molecule has 6 heteroatoms. The van der Waals surface area contributed by atoms with Gasteiger partial charge in [0, 0.05) is 37.4 Å². The molecule has 2 aromatic rings. The molecule has 22 heavy (non-hydrogen) atoms. The van der Waals surface area contributed by atoms with Crippen LogP contribution in [0.1, 0.15) is 11.1 Å². The van der Waals surface area contributed by atoms with Gasteiger partial charge in [0.1, 0.15) is 5.75 Å². The number of aromatic nitrogens is 2. The maximum Gasteiger partial charge on any atom is 0.328 e. The first-order valence-electron chi connectivity index (χ1n) is 7.24. The van der Waals surface area contributed by atoms with Crippen LogP contribution >= 0.6 is 0 Å². The molecule has 1 N–H and O–H groups in total. The summed E-state index contributed by atoms with van der Waals surface area (Å²) in [6.45, 7) is 4.12. The van der Waals surface area contributed by atoms with E-state index in [4.69, 9.17) is 4.74 Å². The predicted molar refractivity (Wildman–Crippen MR) is 83.3 cm³/mol. The van der Waals surface area contributed by atoms with E-state index in [1.54, 1.807) is 24.8 Å². The monoisotopic (exact) mass is 301 g/mol. The molecule has 1 aliphatic rings. The number of hydrogen-bond acceptors (Lipinski definition) is 4. The minimum atomic E-state index is -0.341. The molecule has 0 bridgehead atoms. The molecule has 0 spiro atoms. The van der Waals surface area contributed by atoms with Crippen LogP contribution in [0.3, 0.4) is 0 Å². The number of H-pyrrole nitrogens is 1. The van der Waals surface area contributed by atoms with Crippen molar-refractivity contribution in [3.8, 4) is 5.75 Å². The summed E-state index contributed by atoms with van der Waals surface area (Å²) in [7, 11) is 1.65. The van der Waals surface area contributed by atoms with Gasteiger partial charge in [-0.1, -0.05) is 12.1 Å². The fourth-order valence-electron chi connectivity index (χ4n) is 2.54. The summed E-state index contributed by atoms with van der Waals surface area (Å²) in [5, 5.41) is 0. The van der Waals surface area contributed by atoms with E-state index in [9.17, 15) is 9.59 Å². The van der Waals surface area contributed by atoms with Crippen molar-refractivity contribution in [2.45, 2.75) is 26.1 Å². The lowest BCUT2D eigenvalue weighted by atomic mass is 10.2. The van der Waals surface area contributed by atoms with Crippen LogP contribution < -0.4 is 16.0 Å². The zero-order valence-corrected chi connectivity index (χ0v) is 12.7. The Hall–Kier alpha value is -2.34. The number of benzene rings is 1. The summed E-state index contributed by atoms with van der Waals surface area (Å²) < 4.78 is 6.72. The van der Waals surface area contributed by atoms with Gasteiger partial charge in [0.15, 0.2) is 0 Å². The van der Waals surface area contributed by atoms with Crippen LogP contribution in [-0.2, 0) is 13.1 Å². The van der Waals surface area contributed by atoms with Crippen LogP contribution in [0.5, 0.6) is 5.75 Å². The molecular formula is C16H19N3O3. The average molecular weight is 301 g/mol. The van der Waals surface area contributed by atoms with Crippen LogP contribution in [0.4, 0.5) is 0 Å². The van der Waals surface area contributed by atoms with E-state index in [2.05, 4.69) is 9.88 Å². The second-order valence-corrected chi connectivity index (χ2v) is 5.66. The predicted octanol–water partition coefficient (Wildman–Crippen LogP) is 0.738. The molecule has 2 atom stereocenters. The van der Waals surface area contributed by atoms with Crippen molar-refractivity contribution in [1.29, 1.82) is 0 Å². The molecular weight excluding hydrogens is 282 g/mol. The molecule has 0 aliphatic carbocycles. The number of nitrogens with zero attached hydrogens (tertiary/aromatic N) is 2. The number of hydrogen-bond donors (Lipinski definition) is 1. The fourth-order valence-corrected chi connectivity index (χ4v) is 2.54. The van der Waals surface area contributed by atoms with Gasteiger partial charge < -0.3 is 4.74 Å². The molecule has 1 saturated heterocycles. The van der Waals surface area contributed by atoms with Crippen molar-refractivity contribution >= 4 is 0 Å². The van der Waals surface area contributed by atoms with Crippen molar-refractivity contribution in [3.05, 3.63) is 62.4 Å². The topological polar surface area (TPSA) is 67.1 Å². The van der Waals surface area contributed by atoms with Crippen molar-refractivity contribution in [1.82, 2.24) is 14.5 Å². The molecule has 0 amide bonds. The number of rotatable bonds is 5. The Bertz CT molecular complexity index is 776. The average Bonchev–Trinajstić information content (AvgIpc) is 3.23. The lowest BCUT2D eigenvalue weighted by Gasteiger charge is -2.07. The molecule has 116 valence electrons. The summed E-state index contributed by atoms with van der Waals surface area (Å²) in [5.41, 5.74) is 1.12. The van der Waals surface area contributed by atoms with Crippen LogP contribution in [0, 0.1) is 6.92 Å². The summed E-state index contributed by atoms with van der Waals surface area (Å²) in [6.07, 6.45) is 1.63. The van der Waals surface area contributed by atoms with Crippen molar-refractivity contribution < 1.29 is 4.74 Å². The van der Waals surface area contributed by atoms with Gasteiger partial charge in [0.2, 0.25) is 0 Å². The quantitative estimate of drug-likeness (QED) is 0.827. The SMILES string of the molecule is COc1ccc(CN2CC2Cn2cc(C)c(=O)[nH]c2=O)cc1. The van der Waals surface area contributed by atoms with Gasteiger partial charge in [-0.05, 0) is 24.6 Å². The number of ether oxygens (including phenoxy) is 1. The number of nitrogens with one attached hydrogen (secondary N) is 1. The summed E-state index contributed by atoms with van der Waals surface area (Å²) in [5.74, 6) is 0.848. The highest BCUT2D eigenvalue weighted by Gasteiger charge is 2.34. The number of aromatic amines is 1. The Morgan fingerprint density at radius 3 is 2.68 bits per heavy atom. The first-order valence-corrected chi connectivity index (χ1v) is 7.24. The van der Waals surface area contributed by atoms with E-state index in [1.165, 1.54) is 5.56 Å². The van der Waals surface area contributed by atoms with Gasteiger partial charge in [-0.25, -0.2) is 4.79 Å².